The van der Waals surface area contributed by atoms with Crippen LogP contribution >= 0.6 is 0 Å². The molecule has 6 aromatic rings. The minimum absolute atomic E-state index is 0.0153. The van der Waals surface area contributed by atoms with Gasteiger partial charge in [0.25, 0.3) is 0 Å². The van der Waals surface area contributed by atoms with Gasteiger partial charge in [-0.05, 0) is 60.9 Å². The maximum Gasteiger partial charge on any atom is 0.247 e. The number of aromatic amines is 1. The molecule has 10 nitrogen and oxygen atoms in total. The molecule has 0 saturated carbocycles. The average molecular weight is 607 g/mol. The smallest absolute Gasteiger partial charge is 0.247 e. The van der Waals surface area contributed by atoms with Gasteiger partial charge in [-0.25, -0.2) is 23.9 Å². The third kappa shape index (κ3) is 6.04. The number of ketones is 1. The van der Waals surface area contributed by atoms with Crippen LogP contribution in [0.1, 0.15) is 40.5 Å². The number of pyridine rings is 2. The molecule has 0 unspecified atom stereocenters. The van der Waals surface area contributed by atoms with Gasteiger partial charge in [-0.3, -0.25) is 14.5 Å². The number of halogens is 2. The number of imidazole rings is 2. The van der Waals surface area contributed by atoms with Gasteiger partial charge in [-0.1, -0.05) is 6.07 Å². The highest BCUT2D eigenvalue weighted by Crippen LogP contribution is 2.35. The number of nitrogens with one attached hydrogen (secondary N) is 1. The molecule has 1 fully saturated rings. The first kappa shape index (κ1) is 28.4. The number of carbonyl (C=O) groups is 1. The Labute approximate surface area is 256 Å². The predicted octanol–water partition coefficient (Wildman–Crippen LogP) is 4.88. The van der Waals surface area contributed by atoms with Crippen molar-refractivity contribution in [3.63, 3.8) is 0 Å². The zero-order valence-corrected chi connectivity index (χ0v) is 24.1. The minimum atomic E-state index is -0.713. The standard InChI is InChI=1S/C33H28F2N8O2/c34-24-4-2-22(3-5-24)32-33(42(20-38-32)26-10-13-41(14-11-26)18-21-1-8-31(45)37-17-21)27-6-7-30-39-25(19-43(30)40-27)16-28(44)23-9-12-36-29(35)15-23/h1-9,12,15,17,19-20,26H,10-11,13-14,16,18H2,(H,37,45). The van der Waals surface area contributed by atoms with Crippen molar-refractivity contribution >= 4 is 11.4 Å². The minimum Gasteiger partial charge on any atom is -0.329 e. The molecular formula is C33H28F2N8O2. The number of carbonyl (C=O) groups excluding carboxylic acids is 1. The topological polar surface area (TPSA) is 114 Å². The second-order valence-corrected chi connectivity index (χ2v) is 11.1. The van der Waals surface area contributed by atoms with E-state index >= 15 is 0 Å². The predicted molar refractivity (Wildman–Crippen MR) is 162 cm³/mol. The van der Waals surface area contributed by atoms with Crippen LogP contribution in [-0.4, -0.2) is 57.9 Å². The van der Waals surface area contributed by atoms with Gasteiger partial charge in [0.15, 0.2) is 11.4 Å². The van der Waals surface area contributed by atoms with Crippen LogP contribution in [0, 0.1) is 11.8 Å². The van der Waals surface area contributed by atoms with E-state index in [1.54, 1.807) is 35.1 Å². The van der Waals surface area contributed by atoms with Crippen molar-refractivity contribution < 1.29 is 13.6 Å². The summed E-state index contributed by atoms with van der Waals surface area (Å²) in [7, 11) is 0. The number of benzene rings is 1. The number of likely N-dealkylation sites (tertiary alicyclic amines) is 1. The monoisotopic (exact) mass is 606 g/mol. The summed E-state index contributed by atoms with van der Waals surface area (Å²) in [5.41, 5.74) is 5.15. The Morgan fingerprint density at radius 2 is 1.80 bits per heavy atom. The highest BCUT2D eigenvalue weighted by atomic mass is 19.1. The molecule has 45 heavy (non-hydrogen) atoms. The Morgan fingerprint density at radius 1 is 0.978 bits per heavy atom. The van der Waals surface area contributed by atoms with Crippen LogP contribution in [0.15, 0.2) is 90.4 Å². The number of Topliss-reactive ketones (excluding diaryl/α,β-unsaturated/α-hetero) is 1. The molecule has 0 spiro atoms. The van der Waals surface area contributed by atoms with Crippen LogP contribution < -0.4 is 5.56 Å². The van der Waals surface area contributed by atoms with E-state index in [0.29, 0.717) is 22.7 Å². The van der Waals surface area contributed by atoms with Crippen molar-refractivity contribution in [2.75, 3.05) is 13.1 Å². The third-order valence-electron chi connectivity index (χ3n) is 8.12. The maximum atomic E-state index is 13.8. The molecule has 0 atom stereocenters. The third-order valence-corrected chi connectivity index (χ3v) is 8.12. The van der Waals surface area contributed by atoms with E-state index < -0.39 is 5.95 Å². The summed E-state index contributed by atoms with van der Waals surface area (Å²) in [4.78, 5) is 42.1. The van der Waals surface area contributed by atoms with Crippen LogP contribution in [0.25, 0.3) is 28.3 Å². The second kappa shape index (κ2) is 12.0. The molecule has 1 saturated heterocycles. The quantitative estimate of drug-likeness (QED) is 0.194. The van der Waals surface area contributed by atoms with Crippen LogP contribution in [0.2, 0.25) is 0 Å². The van der Waals surface area contributed by atoms with Crippen molar-refractivity contribution in [3.05, 3.63) is 125 Å². The number of fused-ring (bicyclic) bond motifs is 1. The molecule has 12 heteroatoms. The van der Waals surface area contributed by atoms with E-state index in [1.807, 2.05) is 24.5 Å². The summed E-state index contributed by atoms with van der Waals surface area (Å²) in [5, 5.41) is 4.87. The average Bonchev–Trinajstić information content (AvgIpc) is 3.67. The molecule has 1 aliphatic heterocycles. The van der Waals surface area contributed by atoms with Gasteiger partial charge in [0, 0.05) is 61.3 Å². The lowest BCUT2D eigenvalue weighted by Gasteiger charge is -2.33. The van der Waals surface area contributed by atoms with Crippen LogP contribution in [0.4, 0.5) is 8.78 Å². The van der Waals surface area contributed by atoms with E-state index in [0.717, 1.165) is 55.4 Å². The number of hydrogen-bond acceptors (Lipinski definition) is 7. The molecule has 6 heterocycles. The molecule has 0 amide bonds. The first-order valence-electron chi connectivity index (χ1n) is 14.6. The summed E-state index contributed by atoms with van der Waals surface area (Å²) < 4.78 is 31.1. The molecule has 5 aromatic heterocycles. The number of nitrogens with zero attached hydrogens (tertiary/aromatic N) is 7. The van der Waals surface area contributed by atoms with Gasteiger partial charge < -0.3 is 9.55 Å². The second-order valence-electron chi connectivity index (χ2n) is 11.1. The van der Waals surface area contributed by atoms with Crippen LogP contribution in [0.3, 0.4) is 0 Å². The van der Waals surface area contributed by atoms with Crippen molar-refractivity contribution in [3.8, 4) is 22.6 Å². The van der Waals surface area contributed by atoms with Crippen molar-refractivity contribution in [2.24, 2.45) is 0 Å². The number of aromatic nitrogens is 7. The maximum absolute atomic E-state index is 13.8. The van der Waals surface area contributed by atoms with Crippen LogP contribution in [-0.2, 0) is 13.0 Å². The van der Waals surface area contributed by atoms with E-state index in [4.69, 9.17) is 10.1 Å². The zero-order chi connectivity index (χ0) is 30.9. The lowest BCUT2D eigenvalue weighted by Crippen LogP contribution is -2.34. The fraction of sp³-hybridized carbons (Fsp3) is 0.212. The summed E-state index contributed by atoms with van der Waals surface area (Å²) in [6, 6.07) is 16.1. The lowest BCUT2D eigenvalue weighted by atomic mass is 10.0. The molecular weight excluding hydrogens is 578 g/mol. The highest BCUT2D eigenvalue weighted by molar-refractivity contribution is 5.97. The van der Waals surface area contributed by atoms with E-state index in [9.17, 15) is 18.4 Å². The number of hydrogen-bond donors (Lipinski definition) is 1. The summed E-state index contributed by atoms with van der Waals surface area (Å²) in [5.74, 6) is -1.32. The molecule has 7 rings (SSSR count). The number of piperidine rings is 1. The van der Waals surface area contributed by atoms with Gasteiger partial charge in [0.05, 0.1) is 36.0 Å². The van der Waals surface area contributed by atoms with Crippen LogP contribution in [0.5, 0.6) is 0 Å². The van der Waals surface area contributed by atoms with Gasteiger partial charge in [0.1, 0.15) is 11.5 Å². The Balaban J connectivity index is 1.18. The first-order valence-corrected chi connectivity index (χ1v) is 14.6. The SMILES string of the molecule is O=C(Cc1cn2nc(-c3c(-c4ccc(F)cc4)ncn3C3CCN(Cc4ccc(=O)[nH]c4)CC3)ccc2n1)c1ccnc(F)c1. The Hall–Kier alpha value is -5.36. The van der Waals surface area contributed by atoms with Gasteiger partial charge in [0.2, 0.25) is 11.5 Å². The number of rotatable bonds is 8. The summed E-state index contributed by atoms with van der Waals surface area (Å²) in [6.45, 7) is 2.47. The molecule has 0 radical (unpaired) electrons. The molecule has 1 aliphatic rings. The molecule has 1 N–H and O–H groups in total. The van der Waals surface area contributed by atoms with Gasteiger partial charge in [-0.2, -0.15) is 9.49 Å². The largest absolute Gasteiger partial charge is 0.329 e. The van der Waals surface area contributed by atoms with E-state index in [2.05, 4.69) is 24.4 Å². The number of H-pyrrole nitrogens is 1. The molecule has 0 aliphatic carbocycles. The zero-order valence-electron chi connectivity index (χ0n) is 24.1. The van der Waals surface area contributed by atoms with Crippen molar-refractivity contribution in [2.45, 2.75) is 31.8 Å². The van der Waals surface area contributed by atoms with E-state index in [1.165, 1.54) is 24.4 Å². The Bertz CT molecular complexity index is 2040. The highest BCUT2D eigenvalue weighted by Gasteiger charge is 2.26. The lowest BCUT2D eigenvalue weighted by molar-refractivity contribution is 0.0991. The van der Waals surface area contributed by atoms with E-state index in [-0.39, 0.29) is 35.2 Å². The Kier molecular flexibility index (Phi) is 7.55. The summed E-state index contributed by atoms with van der Waals surface area (Å²) >= 11 is 0. The normalized spacial score (nSPS) is 14.3. The molecule has 0 bridgehead atoms. The van der Waals surface area contributed by atoms with Gasteiger partial charge in [-0.15, -0.1) is 0 Å². The molecule has 226 valence electrons. The Morgan fingerprint density at radius 3 is 2.56 bits per heavy atom. The fourth-order valence-corrected chi connectivity index (χ4v) is 5.85. The fourth-order valence-electron chi connectivity index (χ4n) is 5.85. The molecule has 1 aromatic carbocycles. The van der Waals surface area contributed by atoms with Crippen molar-refractivity contribution in [1.82, 2.24) is 39.0 Å². The first-order chi connectivity index (χ1) is 21.9. The van der Waals surface area contributed by atoms with Gasteiger partial charge >= 0.3 is 0 Å². The summed E-state index contributed by atoms with van der Waals surface area (Å²) in [6.07, 6.45) is 8.29. The van der Waals surface area contributed by atoms with Crippen molar-refractivity contribution in [1.29, 1.82) is 0 Å².